The number of nitrogens with zero attached hydrogens (tertiary/aromatic N) is 4. The van der Waals surface area contributed by atoms with Crippen molar-refractivity contribution in [3.8, 4) is 0 Å². The van der Waals surface area contributed by atoms with Gasteiger partial charge in [-0.25, -0.2) is 9.80 Å². The molecule has 1 aliphatic heterocycles. The molecule has 0 spiro atoms. The van der Waals surface area contributed by atoms with Gasteiger partial charge in [-0.05, 0) is 31.1 Å². The summed E-state index contributed by atoms with van der Waals surface area (Å²) in [5.41, 5.74) is 0. The SMILES string of the molecule is CC(C)C[C@@H](C(=O)c1nn(CC(C)C)c(=O)o1)N(C=O)N1CCCCC1. The van der Waals surface area contributed by atoms with Crippen molar-refractivity contribution < 1.29 is 14.0 Å². The Balaban J connectivity index is 2.28. The molecule has 26 heavy (non-hydrogen) atoms. The molecule has 2 heterocycles. The minimum Gasteiger partial charge on any atom is -0.384 e. The smallest absolute Gasteiger partial charge is 0.384 e. The van der Waals surface area contributed by atoms with E-state index in [0.717, 1.165) is 32.4 Å². The lowest BCUT2D eigenvalue weighted by molar-refractivity contribution is -0.141. The van der Waals surface area contributed by atoms with E-state index in [0.29, 0.717) is 19.4 Å². The van der Waals surface area contributed by atoms with Crippen molar-refractivity contribution >= 4 is 12.2 Å². The van der Waals surface area contributed by atoms with Crippen LogP contribution in [-0.2, 0) is 11.3 Å². The molecular weight excluding hydrogens is 336 g/mol. The largest absolute Gasteiger partial charge is 0.437 e. The van der Waals surface area contributed by atoms with E-state index in [1.807, 2.05) is 32.7 Å². The molecule has 1 saturated heterocycles. The second kappa shape index (κ2) is 9.12. The summed E-state index contributed by atoms with van der Waals surface area (Å²) in [4.78, 5) is 36.8. The predicted molar refractivity (Wildman–Crippen MR) is 96.5 cm³/mol. The predicted octanol–water partition coefficient (Wildman–Crippen LogP) is 1.95. The van der Waals surface area contributed by atoms with Gasteiger partial charge >= 0.3 is 5.76 Å². The second-order valence-electron chi connectivity index (χ2n) is 7.76. The number of Topliss-reactive ketones (excluding diaryl/α,β-unsaturated/α-hetero) is 1. The lowest BCUT2D eigenvalue weighted by Gasteiger charge is -2.39. The fraction of sp³-hybridized carbons (Fsp3) is 0.778. The molecular formula is C18H30N4O4. The molecule has 146 valence electrons. The lowest BCUT2D eigenvalue weighted by atomic mass is 9.99. The number of hydrogen-bond acceptors (Lipinski definition) is 6. The molecule has 0 aromatic carbocycles. The van der Waals surface area contributed by atoms with Gasteiger partial charge in [0.25, 0.3) is 5.89 Å². The molecule has 0 radical (unpaired) electrons. The molecule has 1 aromatic rings. The minimum absolute atomic E-state index is 0.195. The molecule has 1 aliphatic rings. The van der Waals surface area contributed by atoms with Crippen LogP contribution in [0, 0.1) is 11.8 Å². The van der Waals surface area contributed by atoms with Gasteiger partial charge < -0.3 is 4.42 Å². The molecule has 8 heteroatoms. The molecule has 0 bridgehead atoms. The van der Waals surface area contributed by atoms with E-state index in [1.54, 1.807) is 0 Å². The average molecular weight is 366 g/mol. The van der Waals surface area contributed by atoms with Crippen molar-refractivity contribution in [2.75, 3.05) is 13.1 Å². The first kappa shape index (κ1) is 20.4. The number of carbonyl (C=O) groups is 2. The number of rotatable bonds is 9. The molecule has 1 amide bonds. The van der Waals surface area contributed by atoms with Crippen molar-refractivity contribution in [1.29, 1.82) is 0 Å². The number of hydrogen-bond donors (Lipinski definition) is 0. The monoisotopic (exact) mass is 366 g/mol. The van der Waals surface area contributed by atoms with Crippen molar-refractivity contribution in [2.24, 2.45) is 11.8 Å². The third kappa shape index (κ3) is 5.03. The van der Waals surface area contributed by atoms with E-state index < -0.39 is 17.6 Å². The topological polar surface area (TPSA) is 88.6 Å². The normalized spacial score (nSPS) is 16.8. The van der Waals surface area contributed by atoms with Gasteiger partial charge in [0.05, 0.1) is 6.54 Å². The van der Waals surface area contributed by atoms with Crippen LogP contribution in [0.15, 0.2) is 9.21 Å². The third-order valence-corrected chi connectivity index (χ3v) is 4.44. The molecule has 8 nitrogen and oxygen atoms in total. The molecule has 1 aromatic heterocycles. The van der Waals surface area contributed by atoms with E-state index in [1.165, 1.54) is 9.69 Å². The summed E-state index contributed by atoms with van der Waals surface area (Å²) in [6.45, 7) is 9.76. The fourth-order valence-electron chi connectivity index (χ4n) is 3.24. The van der Waals surface area contributed by atoms with E-state index in [2.05, 4.69) is 5.10 Å². The van der Waals surface area contributed by atoms with E-state index in [9.17, 15) is 14.4 Å². The van der Waals surface area contributed by atoms with Crippen LogP contribution in [0.5, 0.6) is 0 Å². The fourth-order valence-corrected chi connectivity index (χ4v) is 3.24. The number of amides is 1. The maximum atomic E-state index is 13.0. The average Bonchev–Trinajstić information content (AvgIpc) is 2.94. The van der Waals surface area contributed by atoms with Gasteiger partial charge in [-0.1, -0.05) is 34.1 Å². The van der Waals surface area contributed by atoms with Crippen LogP contribution in [0.25, 0.3) is 0 Å². The Morgan fingerprint density at radius 2 is 1.85 bits per heavy atom. The second-order valence-corrected chi connectivity index (χ2v) is 7.76. The molecule has 0 unspecified atom stereocenters. The first-order valence-electron chi connectivity index (χ1n) is 9.44. The van der Waals surface area contributed by atoms with E-state index >= 15 is 0 Å². The molecule has 2 rings (SSSR count). The van der Waals surface area contributed by atoms with Crippen molar-refractivity contribution in [2.45, 2.75) is 66.0 Å². The summed E-state index contributed by atoms with van der Waals surface area (Å²) < 4.78 is 6.28. The summed E-state index contributed by atoms with van der Waals surface area (Å²) >= 11 is 0. The van der Waals surface area contributed by atoms with Crippen LogP contribution >= 0.6 is 0 Å². The highest BCUT2D eigenvalue weighted by molar-refractivity contribution is 5.96. The van der Waals surface area contributed by atoms with Gasteiger partial charge in [0.1, 0.15) is 6.04 Å². The maximum absolute atomic E-state index is 13.0. The highest BCUT2D eigenvalue weighted by Gasteiger charge is 2.34. The highest BCUT2D eigenvalue weighted by Crippen LogP contribution is 2.20. The first-order chi connectivity index (χ1) is 12.3. The zero-order valence-electron chi connectivity index (χ0n) is 16.2. The van der Waals surface area contributed by atoms with Crippen LogP contribution in [0.4, 0.5) is 0 Å². The van der Waals surface area contributed by atoms with Crippen LogP contribution in [0.1, 0.15) is 64.1 Å². The Morgan fingerprint density at radius 1 is 1.19 bits per heavy atom. The van der Waals surface area contributed by atoms with Gasteiger partial charge in [0.2, 0.25) is 12.2 Å². The number of aromatic nitrogens is 2. The summed E-state index contributed by atoms with van der Waals surface area (Å²) in [6, 6.07) is -0.712. The van der Waals surface area contributed by atoms with Gasteiger partial charge in [0, 0.05) is 13.1 Å². The van der Waals surface area contributed by atoms with Crippen LogP contribution in [0.3, 0.4) is 0 Å². The van der Waals surface area contributed by atoms with Gasteiger partial charge in [-0.3, -0.25) is 14.6 Å². The quantitative estimate of drug-likeness (QED) is 0.490. The Hall–Kier alpha value is -1.96. The number of carbonyl (C=O) groups excluding carboxylic acids is 2. The molecule has 0 saturated carbocycles. The summed E-state index contributed by atoms with van der Waals surface area (Å²) in [5, 5.41) is 7.46. The Labute approximate surface area is 154 Å². The number of piperidine rings is 1. The third-order valence-electron chi connectivity index (χ3n) is 4.44. The highest BCUT2D eigenvalue weighted by atomic mass is 16.4. The standard InChI is InChI=1S/C18H30N4O4/c1-13(2)10-15(22(12-23)20-8-6-5-7-9-20)16(24)17-19-21(11-14(3)4)18(25)26-17/h12-15H,5-11H2,1-4H3/t15-/m0/s1. The van der Waals surface area contributed by atoms with Gasteiger partial charge in [-0.15, -0.1) is 5.10 Å². The summed E-state index contributed by atoms with van der Waals surface area (Å²) in [5.74, 6) is -0.880. The van der Waals surface area contributed by atoms with Gasteiger partial charge in [-0.2, -0.15) is 4.68 Å². The van der Waals surface area contributed by atoms with Crippen LogP contribution in [-0.4, -0.2) is 51.1 Å². The maximum Gasteiger partial charge on any atom is 0.437 e. The van der Waals surface area contributed by atoms with Crippen LogP contribution in [0.2, 0.25) is 0 Å². The number of hydrazine groups is 1. The van der Waals surface area contributed by atoms with Crippen LogP contribution < -0.4 is 5.76 Å². The Kier molecular flexibility index (Phi) is 7.14. The first-order valence-corrected chi connectivity index (χ1v) is 9.44. The van der Waals surface area contributed by atoms with Crippen molar-refractivity contribution in [1.82, 2.24) is 19.8 Å². The molecule has 0 aliphatic carbocycles. The zero-order chi connectivity index (χ0) is 19.3. The Morgan fingerprint density at radius 3 is 2.38 bits per heavy atom. The summed E-state index contributed by atoms with van der Waals surface area (Å²) in [7, 11) is 0. The van der Waals surface area contributed by atoms with Crippen molar-refractivity contribution in [3.05, 3.63) is 16.4 Å². The minimum atomic E-state index is -0.712. The molecule has 1 fully saturated rings. The van der Waals surface area contributed by atoms with E-state index in [-0.39, 0.29) is 17.7 Å². The lowest BCUT2D eigenvalue weighted by Crippen LogP contribution is -2.53. The van der Waals surface area contributed by atoms with Gasteiger partial charge in [0.15, 0.2) is 0 Å². The Bertz CT molecular complexity index is 658. The van der Waals surface area contributed by atoms with E-state index in [4.69, 9.17) is 4.42 Å². The molecule has 1 atom stereocenters. The summed E-state index contributed by atoms with van der Waals surface area (Å²) in [6.07, 6.45) is 4.30. The van der Waals surface area contributed by atoms with Crippen molar-refractivity contribution in [3.63, 3.8) is 0 Å². The number of ketones is 1. The zero-order valence-corrected chi connectivity index (χ0v) is 16.2. The molecule has 0 N–H and O–H groups in total.